The molecule has 1 aliphatic heterocycles. The first-order valence-electron chi connectivity index (χ1n) is 7.98. The third-order valence-electron chi connectivity index (χ3n) is 3.93. The first-order valence-corrected chi connectivity index (χ1v) is 7.98. The third-order valence-corrected chi connectivity index (χ3v) is 3.93. The molecule has 0 spiro atoms. The van der Waals surface area contributed by atoms with Crippen LogP contribution in [0.4, 0.5) is 0 Å². The molecule has 0 aromatic heterocycles. The highest BCUT2D eigenvalue weighted by Gasteiger charge is 2.11. The Labute approximate surface area is 123 Å². The molecule has 20 heavy (non-hydrogen) atoms. The minimum Gasteiger partial charge on any atom is -0.380 e. The highest BCUT2D eigenvalue weighted by molar-refractivity contribution is 5.76. The van der Waals surface area contributed by atoms with Gasteiger partial charge in [0.1, 0.15) is 0 Å². The lowest BCUT2D eigenvalue weighted by Gasteiger charge is -2.26. The molecule has 1 amide bonds. The van der Waals surface area contributed by atoms with Gasteiger partial charge in [-0.2, -0.15) is 0 Å². The second-order valence-corrected chi connectivity index (χ2v) is 5.61. The van der Waals surface area contributed by atoms with Crippen molar-refractivity contribution >= 4 is 5.91 Å². The van der Waals surface area contributed by atoms with Crippen molar-refractivity contribution in [3.63, 3.8) is 0 Å². The van der Waals surface area contributed by atoms with Crippen molar-refractivity contribution in [2.45, 2.75) is 51.0 Å². The van der Waals surface area contributed by atoms with E-state index in [1.807, 2.05) is 0 Å². The van der Waals surface area contributed by atoms with Crippen LogP contribution in [0.2, 0.25) is 0 Å². The molecular weight excluding hydrogens is 254 g/mol. The summed E-state index contributed by atoms with van der Waals surface area (Å²) in [5.74, 6) is 0.0401. The predicted octanol–water partition coefficient (Wildman–Crippen LogP) is 1.12. The van der Waals surface area contributed by atoms with E-state index >= 15 is 0 Å². The van der Waals surface area contributed by atoms with E-state index in [1.54, 1.807) is 7.11 Å². The Morgan fingerprint density at radius 1 is 1.25 bits per heavy atom. The Kier molecular flexibility index (Phi) is 9.62. The summed E-state index contributed by atoms with van der Waals surface area (Å²) in [6.07, 6.45) is 7.79. The van der Waals surface area contributed by atoms with Crippen LogP contribution in [0.25, 0.3) is 0 Å². The van der Waals surface area contributed by atoms with Crippen molar-refractivity contribution in [1.29, 1.82) is 0 Å². The van der Waals surface area contributed by atoms with Gasteiger partial charge in [0.25, 0.3) is 0 Å². The molecule has 0 aromatic carbocycles. The van der Waals surface area contributed by atoms with Gasteiger partial charge in [-0.25, -0.2) is 0 Å². The van der Waals surface area contributed by atoms with E-state index in [0.717, 1.165) is 13.0 Å². The van der Waals surface area contributed by atoms with E-state index in [0.29, 0.717) is 13.0 Å². The van der Waals surface area contributed by atoms with E-state index in [4.69, 9.17) is 10.5 Å². The first-order chi connectivity index (χ1) is 9.76. The van der Waals surface area contributed by atoms with Crippen LogP contribution in [0.1, 0.15) is 44.9 Å². The van der Waals surface area contributed by atoms with Crippen LogP contribution in [0, 0.1) is 0 Å². The summed E-state index contributed by atoms with van der Waals surface area (Å²) in [5, 5.41) is 2.93. The fraction of sp³-hybridized carbons (Fsp3) is 0.933. The highest BCUT2D eigenvalue weighted by atomic mass is 16.5. The highest BCUT2D eigenvalue weighted by Crippen LogP contribution is 2.09. The number of carbonyl (C=O) groups excluding carboxylic acids is 1. The molecule has 1 fully saturated rings. The predicted molar refractivity (Wildman–Crippen MR) is 81.6 cm³/mol. The lowest BCUT2D eigenvalue weighted by Crippen LogP contribution is -2.33. The molecule has 0 aromatic rings. The van der Waals surface area contributed by atoms with Crippen LogP contribution in [-0.2, 0) is 9.53 Å². The standard InChI is InChI=1S/C15H31N3O2/c1-20-14(13-16)12-15(19)17-8-4-2-5-9-18-10-6-3-7-11-18/h14H,2-13,16H2,1H3,(H,17,19). The summed E-state index contributed by atoms with van der Waals surface area (Å²) in [4.78, 5) is 14.2. The van der Waals surface area contributed by atoms with Gasteiger partial charge in [-0.05, 0) is 45.3 Å². The summed E-state index contributed by atoms with van der Waals surface area (Å²) in [5.41, 5.74) is 5.49. The van der Waals surface area contributed by atoms with Crippen molar-refractivity contribution in [2.75, 3.05) is 39.8 Å². The number of carbonyl (C=O) groups is 1. The zero-order chi connectivity index (χ0) is 14.6. The number of unbranched alkanes of at least 4 members (excludes halogenated alkanes) is 2. The van der Waals surface area contributed by atoms with Crippen molar-refractivity contribution in [2.24, 2.45) is 5.73 Å². The maximum Gasteiger partial charge on any atom is 0.222 e. The SMILES string of the molecule is COC(CN)CC(=O)NCCCCCN1CCCCC1. The topological polar surface area (TPSA) is 67.6 Å². The largest absolute Gasteiger partial charge is 0.380 e. The summed E-state index contributed by atoms with van der Waals surface area (Å²) < 4.78 is 5.09. The molecule has 118 valence electrons. The van der Waals surface area contributed by atoms with Gasteiger partial charge in [0.05, 0.1) is 12.5 Å². The Morgan fingerprint density at radius 3 is 2.65 bits per heavy atom. The lowest BCUT2D eigenvalue weighted by molar-refractivity contribution is -0.123. The summed E-state index contributed by atoms with van der Waals surface area (Å²) in [7, 11) is 1.59. The number of likely N-dealkylation sites (tertiary alicyclic amines) is 1. The molecule has 0 radical (unpaired) electrons. The number of nitrogens with one attached hydrogen (secondary N) is 1. The normalized spacial score (nSPS) is 17.9. The number of amides is 1. The molecule has 1 aliphatic rings. The van der Waals surface area contributed by atoms with Crippen LogP contribution in [0.5, 0.6) is 0 Å². The van der Waals surface area contributed by atoms with Gasteiger partial charge >= 0.3 is 0 Å². The fourth-order valence-electron chi connectivity index (χ4n) is 2.59. The number of piperidine rings is 1. The molecule has 1 atom stereocenters. The van der Waals surface area contributed by atoms with Gasteiger partial charge in [-0.15, -0.1) is 0 Å². The number of hydrogen-bond donors (Lipinski definition) is 2. The Balaban J connectivity index is 1.92. The quantitative estimate of drug-likeness (QED) is 0.590. The number of methoxy groups -OCH3 is 1. The van der Waals surface area contributed by atoms with E-state index in [1.165, 1.54) is 51.7 Å². The van der Waals surface area contributed by atoms with E-state index in [-0.39, 0.29) is 12.0 Å². The minimum atomic E-state index is -0.158. The first kappa shape index (κ1) is 17.4. The van der Waals surface area contributed by atoms with Crippen LogP contribution < -0.4 is 11.1 Å². The average Bonchev–Trinajstić information content (AvgIpc) is 2.49. The van der Waals surface area contributed by atoms with E-state index in [9.17, 15) is 4.79 Å². The zero-order valence-electron chi connectivity index (χ0n) is 12.9. The van der Waals surface area contributed by atoms with Crippen molar-refractivity contribution < 1.29 is 9.53 Å². The van der Waals surface area contributed by atoms with Crippen LogP contribution in [0.15, 0.2) is 0 Å². The lowest BCUT2D eigenvalue weighted by atomic mass is 10.1. The molecule has 1 rings (SSSR count). The molecule has 1 saturated heterocycles. The van der Waals surface area contributed by atoms with Crippen LogP contribution in [0.3, 0.4) is 0 Å². The van der Waals surface area contributed by atoms with Crippen molar-refractivity contribution in [3.05, 3.63) is 0 Å². The van der Waals surface area contributed by atoms with Gasteiger partial charge in [-0.1, -0.05) is 12.8 Å². The number of ether oxygens (including phenoxy) is 1. The molecule has 3 N–H and O–H groups in total. The molecule has 0 saturated carbocycles. The van der Waals surface area contributed by atoms with Crippen LogP contribution in [-0.4, -0.2) is 56.7 Å². The minimum absolute atomic E-state index is 0.0401. The maximum atomic E-state index is 11.6. The molecule has 5 heteroatoms. The molecule has 1 unspecified atom stereocenters. The molecular formula is C15H31N3O2. The molecule has 1 heterocycles. The van der Waals surface area contributed by atoms with Gasteiger partial charge in [0.15, 0.2) is 0 Å². The van der Waals surface area contributed by atoms with E-state index in [2.05, 4.69) is 10.2 Å². The van der Waals surface area contributed by atoms with Gasteiger partial charge in [0, 0.05) is 20.2 Å². The Bertz CT molecular complexity index is 252. The summed E-state index contributed by atoms with van der Waals surface area (Å²) in [6, 6.07) is 0. The average molecular weight is 285 g/mol. The molecule has 0 aliphatic carbocycles. The second-order valence-electron chi connectivity index (χ2n) is 5.61. The summed E-state index contributed by atoms with van der Waals surface area (Å²) >= 11 is 0. The fourth-order valence-corrected chi connectivity index (χ4v) is 2.59. The summed E-state index contributed by atoms with van der Waals surface area (Å²) in [6.45, 7) is 4.91. The smallest absolute Gasteiger partial charge is 0.222 e. The second kappa shape index (κ2) is 11.1. The Hall–Kier alpha value is -0.650. The molecule has 5 nitrogen and oxygen atoms in total. The third kappa shape index (κ3) is 7.82. The van der Waals surface area contributed by atoms with E-state index < -0.39 is 0 Å². The Morgan fingerprint density at radius 2 is 2.00 bits per heavy atom. The maximum absolute atomic E-state index is 11.6. The van der Waals surface area contributed by atoms with Crippen molar-refractivity contribution in [3.8, 4) is 0 Å². The number of nitrogens with zero attached hydrogens (tertiary/aromatic N) is 1. The number of rotatable bonds is 10. The number of nitrogens with two attached hydrogens (primary N) is 1. The van der Waals surface area contributed by atoms with Crippen molar-refractivity contribution in [1.82, 2.24) is 10.2 Å². The van der Waals surface area contributed by atoms with Gasteiger partial charge in [-0.3, -0.25) is 4.79 Å². The van der Waals surface area contributed by atoms with Crippen LogP contribution >= 0.6 is 0 Å². The van der Waals surface area contributed by atoms with Gasteiger partial charge < -0.3 is 20.7 Å². The van der Waals surface area contributed by atoms with Gasteiger partial charge in [0.2, 0.25) is 5.91 Å². The number of hydrogen-bond acceptors (Lipinski definition) is 4. The monoisotopic (exact) mass is 285 g/mol. The zero-order valence-corrected chi connectivity index (χ0v) is 12.9. The molecule has 0 bridgehead atoms.